The van der Waals surface area contributed by atoms with Gasteiger partial charge in [-0.1, -0.05) is 35.9 Å². The zero-order valence-electron chi connectivity index (χ0n) is 19.3. The summed E-state index contributed by atoms with van der Waals surface area (Å²) in [6, 6.07) is 22.6. The average Bonchev–Trinajstić information content (AvgIpc) is 2.89. The molecule has 0 spiro atoms. The molecule has 0 aromatic heterocycles. The Hall–Kier alpha value is -3.48. The number of carbonyl (C=O) groups excluding carboxylic acids is 1. The smallest absolute Gasteiger partial charge is 0.337 e. The van der Waals surface area contributed by atoms with Gasteiger partial charge in [-0.3, -0.25) is 5.32 Å². The van der Waals surface area contributed by atoms with E-state index in [1.54, 1.807) is 14.2 Å². The standard InChI is InChI=1S/C27H27ClN2O4/c1-32-21-12-4-17(5-13-21)23-16-24(29-20-10-8-19(28)9-11-20)25(27(31)34-3)26(30-23)18-6-14-22(33-2)15-7-18/h4-15,23,26,29-30H,16H2,1-3H3/t23-,26+/m0/s1. The van der Waals surface area contributed by atoms with Crippen molar-refractivity contribution in [3.05, 3.63) is 100 Å². The van der Waals surface area contributed by atoms with Crippen LogP contribution in [0.15, 0.2) is 84.1 Å². The van der Waals surface area contributed by atoms with E-state index in [4.69, 9.17) is 25.8 Å². The fourth-order valence-corrected chi connectivity index (χ4v) is 4.24. The quantitative estimate of drug-likeness (QED) is 0.426. The molecule has 1 heterocycles. The van der Waals surface area contributed by atoms with Crippen molar-refractivity contribution in [3.63, 3.8) is 0 Å². The van der Waals surface area contributed by atoms with Gasteiger partial charge in [0.05, 0.1) is 32.9 Å². The van der Waals surface area contributed by atoms with E-state index in [1.807, 2.05) is 72.8 Å². The third-order valence-electron chi connectivity index (χ3n) is 5.90. The summed E-state index contributed by atoms with van der Waals surface area (Å²) in [5.41, 5.74) is 4.17. The fourth-order valence-electron chi connectivity index (χ4n) is 4.12. The predicted octanol–water partition coefficient (Wildman–Crippen LogP) is 5.67. The van der Waals surface area contributed by atoms with E-state index < -0.39 is 12.0 Å². The van der Waals surface area contributed by atoms with Crippen LogP contribution >= 0.6 is 11.6 Å². The molecule has 0 saturated carbocycles. The molecule has 0 saturated heterocycles. The Bertz CT molecular complexity index is 1160. The third-order valence-corrected chi connectivity index (χ3v) is 6.15. The molecule has 0 unspecified atom stereocenters. The molecule has 6 nitrogen and oxygen atoms in total. The van der Waals surface area contributed by atoms with Gasteiger partial charge >= 0.3 is 5.97 Å². The minimum absolute atomic E-state index is 0.0544. The number of carbonyl (C=O) groups is 1. The average molecular weight is 479 g/mol. The number of hydrogen-bond acceptors (Lipinski definition) is 6. The van der Waals surface area contributed by atoms with Crippen LogP contribution in [-0.4, -0.2) is 27.3 Å². The summed E-state index contributed by atoms with van der Waals surface area (Å²) in [7, 11) is 4.67. The van der Waals surface area contributed by atoms with Crippen LogP contribution in [0.5, 0.6) is 11.5 Å². The maximum atomic E-state index is 13.0. The maximum Gasteiger partial charge on any atom is 0.337 e. The van der Waals surface area contributed by atoms with Crippen molar-refractivity contribution in [1.82, 2.24) is 5.32 Å². The van der Waals surface area contributed by atoms with Crippen LogP contribution in [0.1, 0.15) is 29.6 Å². The number of hydrogen-bond donors (Lipinski definition) is 2. The Balaban J connectivity index is 1.79. The van der Waals surface area contributed by atoms with Crippen molar-refractivity contribution < 1.29 is 19.0 Å². The first-order valence-corrected chi connectivity index (χ1v) is 11.3. The van der Waals surface area contributed by atoms with Gasteiger partial charge in [0.15, 0.2) is 0 Å². The summed E-state index contributed by atoms with van der Waals surface area (Å²) >= 11 is 6.07. The minimum atomic E-state index is -0.394. The van der Waals surface area contributed by atoms with Crippen molar-refractivity contribution in [2.24, 2.45) is 0 Å². The van der Waals surface area contributed by atoms with Gasteiger partial charge in [0.2, 0.25) is 0 Å². The van der Waals surface area contributed by atoms with Crippen LogP contribution in [0.2, 0.25) is 5.02 Å². The molecule has 3 aromatic rings. The van der Waals surface area contributed by atoms with E-state index in [0.717, 1.165) is 34.0 Å². The van der Waals surface area contributed by atoms with Crippen LogP contribution in [-0.2, 0) is 9.53 Å². The van der Waals surface area contributed by atoms with Crippen LogP contribution in [0.4, 0.5) is 5.69 Å². The molecule has 176 valence electrons. The van der Waals surface area contributed by atoms with Gasteiger partial charge in [0, 0.05) is 28.9 Å². The van der Waals surface area contributed by atoms with Crippen molar-refractivity contribution in [2.45, 2.75) is 18.5 Å². The molecule has 2 atom stereocenters. The molecular weight excluding hydrogens is 452 g/mol. The molecule has 0 amide bonds. The molecular formula is C27H27ClN2O4. The zero-order valence-corrected chi connectivity index (χ0v) is 20.1. The lowest BCUT2D eigenvalue weighted by Gasteiger charge is -2.35. The number of nitrogens with one attached hydrogen (secondary N) is 2. The van der Waals surface area contributed by atoms with E-state index in [-0.39, 0.29) is 6.04 Å². The summed E-state index contributed by atoms with van der Waals surface area (Å²) < 4.78 is 15.8. The number of halogens is 1. The monoisotopic (exact) mass is 478 g/mol. The molecule has 0 fully saturated rings. The summed E-state index contributed by atoms with van der Waals surface area (Å²) in [6.07, 6.45) is 0.562. The van der Waals surface area contributed by atoms with E-state index in [1.165, 1.54) is 7.11 Å². The second-order valence-corrected chi connectivity index (χ2v) is 8.35. The second kappa shape index (κ2) is 10.6. The van der Waals surface area contributed by atoms with Gasteiger partial charge in [-0.05, 0) is 59.7 Å². The molecule has 3 aromatic carbocycles. The maximum absolute atomic E-state index is 13.0. The highest BCUT2D eigenvalue weighted by atomic mass is 35.5. The highest BCUT2D eigenvalue weighted by Gasteiger charge is 2.35. The fraction of sp³-hybridized carbons (Fsp3) is 0.222. The Morgan fingerprint density at radius 3 is 1.94 bits per heavy atom. The van der Waals surface area contributed by atoms with Gasteiger partial charge in [0.1, 0.15) is 11.5 Å². The molecule has 1 aliphatic rings. The Morgan fingerprint density at radius 2 is 1.41 bits per heavy atom. The topological polar surface area (TPSA) is 68.8 Å². The molecule has 1 aliphatic heterocycles. The SMILES string of the molecule is COC(=O)C1=C(Nc2ccc(Cl)cc2)C[C@@H](c2ccc(OC)cc2)N[C@@H]1c1ccc(OC)cc1. The Kier molecular flexibility index (Phi) is 7.40. The van der Waals surface area contributed by atoms with Gasteiger partial charge < -0.3 is 19.5 Å². The molecule has 34 heavy (non-hydrogen) atoms. The number of esters is 1. The molecule has 7 heteroatoms. The lowest BCUT2D eigenvalue weighted by Crippen LogP contribution is -2.37. The van der Waals surface area contributed by atoms with Crippen molar-refractivity contribution in [3.8, 4) is 11.5 Å². The highest BCUT2D eigenvalue weighted by molar-refractivity contribution is 6.30. The number of benzene rings is 3. The second-order valence-electron chi connectivity index (χ2n) is 7.92. The van der Waals surface area contributed by atoms with Gasteiger partial charge in [-0.15, -0.1) is 0 Å². The number of rotatable bonds is 7. The van der Waals surface area contributed by atoms with Gasteiger partial charge in [0.25, 0.3) is 0 Å². The summed E-state index contributed by atoms with van der Waals surface area (Å²) in [5.74, 6) is 1.14. The van der Waals surface area contributed by atoms with Crippen LogP contribution in [0, 0.1) is 0 Å². The van der Waals surface area contributed by atoms with E-state index in [2.05, 4.69) is 10.6 Å². The lowest BCUT2D eigenvalue weighted by molar-refractivity contribution is -0.136. The summed E-state index contributed by atoms with van der Waals surface area (Å²) in [6.45, 7) is 0. The molecule has 0 aliphatic carbocycles. The van der Waals surface area contributed by atoms with Crippen molar-refractivity contribution in [1.29, 1.82) is 0 Å². The predicted molar refractivity (Wildman–Crippen MR) is 133 cm³/mol. The van der Waals surface area contributed by atoms with Gasteiger partial charge in [-0.2, -0.15) is 0 Å². The van der Waals surface area contributed by atoms with Crippen LogP contribution in [0.3, 0.4) is 0 Å². The Morgan fingerprint density at radius 1 is 0.853 bits per heavy atom. The van der Waals surface area contributed by atoms with E-state index in [0.29, 0.717) is 17.0 Å². The molecule has 0 bridgehead atoms. The first kappa shape index (κ1) is 23.7. The zero-order chi connectivity index (χ0) is 24.1. The van der Waals surface area contributed by atoms with Crippen LogP contribution in [0.25, 0.3) is 0 Å². The first-order valence-electron chi connectivity index (χ1n) is 10.9. The first-order chi connectivity index (χ1) is 16.5. The van der Waals surface area contributed by atoms with Gasteiger partial charge in [-0.25, -0.2) is 4.79 Å². The summed E-state index contributed by atoms with van der Waals surface area (Å²) in [5, 5.41) is 7.74. The van der Waals surface area contributed by atoms with Crippen LogP contribution < -0.4 is 20.1 Å². The Labute approximate surface area is 204 Å². The van der Waals surface area contributed by atoms with Crippen molar-refractivity contribution in [2.75, 3.05) is 26.6 Å². The lowest BCUT2D eigenvalue weighted by atomic mass is 9.87. The molecule has 0 radical (unpaired) electrons. The van der Waals surface area contributed by atoms with Crippen molar-refractivity contribution >= 4 is 23.3 Å². The minimum Gasteiger partial charge on any atom is -0.497 e. The van der Waals surface area contributed by atoms with E-state index in [9.17, 15) is 4.79 Å². The normalized spacial score (nSPS) is 17.8. The summed E-state index contributed by atoms with van der Waals surface area (Å²) in [4.78, 5) is 13.0. The number of ether oxygens (including phenoxy) is 3. The number of anilines is 1. The number of methoxy groups -OCH3 is 3. The largest absolute Gasteiger partial charge is 0.497 e. The molecule has 4 rings (SSSR count). The highest BCUT2D eigenvalue weighted by Crippen LogP contribution is 2.39. The van der Waals surface area contributed by atoms with E-state index >= 15 is 0 Å². The molecule has 2 N–H and O–H groups in total. The third kappa shape index (κ3) is 5.19.